The van der Waals surface area contributed by atoms with Crippen LogP contribution in [0.15, 0.2) is 51.7 Å². The highest BCUT2D eigenvalue weighted by atomic mass is 79.9. The lowest BCUT2D eigenvalue weighted by atomic mass is 10.1. The van der Waals surface area contributed by atoms with E-state index in [9.17, 15) is 0 Å². The summed E-state index contributed by atoms with van der Waals surface area (Å²) in [5, 5.41) is 3.46. The Kier molecular flexibility index (Phi) is 4.18. The minimum atomic E-state index is 0.246. The molecule has 0 saturated carbocycles. The van der Waals surface area contributed by atoms with Crippen molar-refractivity contribution < 1.29 is 0 Å². The van der Waals surface area contributed by atoms with E-state index in [0.717, 1.165) is 14.6 Å². The van der Waals surface area contributed by atoms with Gasteiger partial charge in [0.2, 0.25) is 0 Å². The third-order valence-corrected chi connectivity index (χ3v) is 3.66. The summed E-state index contributed by atoms with van der Waals surface area (Å²) >= 11 is 6.98. The number of anilines is 1. The van der Waals surface area contributed by atoms with Crippen LogP contribution < -0.4 is 5.32 Å². The van der Waals surface area contributed by atoms with Crippen LogP contribution >= 0.6 is 31.9 Å². The van der Waals surface area contributed by atoms with Crippen LogP contribution in [-0.2, 0) is 0 Å². The van der Waals surface area contributed by atoms with Crippen molar-refractivity contribution in [3.63, 3.8) is 0 Å². The average molecular weight is 356 g/mol. The highest BCUT2D eigenvalue weighted by molar-refractivity contribution is 9.11. The van der Waals surface area contributed by atoms with Crippen molar-refractivity contribution in [2.75, 3.05) is 5.32 Å². The molecule has 1 aromatic carbocycles. The quantitative estimate of drug-likeness (QED) is 0.856. The first-order valence-corrected chi connectivity index (χ1v) is 6.87. The van der Waals surface area contributed by atoms with E-state index in [1.165, 1.54) is 5.56 Å². The average Bonchev–Trinajstić information content (AvgIpc) is 2.34. The van der Waals surface area contributed by atoms with Crippen LogP contribution in [-0.4, -0.2) is 4.98 Å². The number of hydrogen-bond donors (Lipinski definition) is 1. The highest BCUT2D eigenvalue weighted by Gasteiger charge is 2.07. The molecule has 17 heavy (non-hydrogen) atoms. The number of halogens is 2. The van der Waals surface area contributed by atoms with E-state index in [2.05, 4.69) is 49.1 Å². The molecular formula is C13H12Br2N2. The molecule has 1 aromatic heterocycles. The first-order chi connectivity index (χ1) is 8.16. The van der Waals surface area contributed by atoms with Crippen molar-refractivity contribution in [2.45, 2.75) is 13.0 Å². The maximum absolute atomic E-state index is 4.02. The fourth-order valence-corrected chi connectivity index (χ4v) is 2.74. The number of nitrogens with one attached hydrogen (secondary N) is 1. The van der Waals surface area contributed by atoms with E-state index in [1.54, 1.807) is 0 Å². The van der Waals surface area contributed by atoms with Gasteiger partial charge in [0.05, 0.1) is 0 Å². The first kappa shape index (κ1) is 12.6. The number of benzene rings is 1. The zero-order valence-corrected chi connectivity index (χ0v) is 12.5. The van der Waals surface area contributed by atoms with Gasteiger partial charge in [-0.15, -0.1) is 0 Å². The molecule has 0 bridgehead atoms. The molecule has 1 unspecified atom stereocenters. The lowest BCUT2D eigenvalue weighted by Crippen LogP contribution is -2.06. The molecule has 0 aliphatic rings. The van der Waals surface area contributed by atoms with Gasteiger partial charge in [0, 0.05) is 33.1 Å². The maximum atomic E-state index is 4.02. The molecule has 2 rings (SSSR count). The summed E-state index contributed by atoms with van der Waals surface area (Å²) in [5.41, 5.74) is 2.30. The Morgan fingerprint density at radius 1 is 1.12 bits per heavy atom. The first-order valence-electron chi connectivity index (χ1n) is 5.28. The number of hydrogen-bond acceptors (Lipinski definition) is 2. The van der Waals surface area contributed by atoms with Crippen molar-refractivity contribution in [3.05, 3.63) is 57.2 Å². The molecule has 1 heterocycles. The SMILES string of the molecule is CC(Nc1ccc(Br)cc1Br)c1ccncc1. The fraction of sp³-hybridized carbons (Fsp3) is 0.154. The Labute approximate surface area is 118 Å². The second-order valence-electron chi connectivity index (χ2n) is 3.77. The molecule has 1 atom stereocenters. The molecule has 0 aliphatic heterocycles. The van der Waals surface area contributed by atoms with E-state index in [4.69, 9.17) is 0 Å². The molecule has 0 spiro atoms. The molecule has 0 aliphatic carbocycles. The molecule has 0 radical (unpaired) electrons. The van der Waals surface area contributed by atoms with Crippen LogP contribution in [0.4, 0.5) is 5.69 Å². The summed E-state index contributed by atoms with van der Waals surface area (Å²) in [6.07, 6.45) is 3.62. The van der Waals surface area contributed by atoms with Gasteiger partial charge in [-0.2, -0.15) is 0 Å². The lowest BCUT2D eigenvalue weighted by molar-refractivity contribution is 0.879. The van der Waals surface area contributed by atoms with Gasteiger partial charge in [0.1, 0.15) is 0 Å². The fourth-order valence-electron chi connectivity index (χ4n) is 1.58. The Hall–Kier alpha value is -0.870. The predicted octanol–water partition coefficient (Wildman–Crippen LogP) is 4.78. The highest BCUT2D eigenvalue weighted by Crippen LogP contribution is 2.29. The largest absolute Gasteiger partial charge is 0.378 e. The van der Waals surface area contributed by atoms with Crippen molar-refractivity contribution in [3.8, 4) is 0 Å². The van der Waals surface area contributed by atoms with Gasteiger partial charge in [0.15, 0.2) is 0 Å². The molecular weight excluding hydrogens is 344 g/mol. The summed E-state index contributed by atoms with van der Waals surface area (Å²) in [4.78, 5) is 4.02. The standard InChI is InChI=1S/C13H12Br2N2/c1-9(10-4-6-16-7-5-10)17-13-3-2-11(14)8-12(13)15/h2-9,17H,1H3. The van der Waals surface area contributed by atoms with Gasteiger partial charge in [-0.1, -0.05) is 15.9 Å². The lowest BCUT2D eigenvalue weighted by Gasteiger charge is -2.16. The van der Waals surface area contributed by atoms with Gasteiger partial charge < -0.3 is 5.32 Å². The normalized spacial score (nSPS) is 12.2. The molecule has 2 aromatic rings. The van der Waals surface area contributed by atoms with E-state index in [1.807, 2.05) is 42.7 Å². The van der Waals surface area contributed by atoms with E-state index >= 15 is 0 Å². The Morgan fingerprint density at radius 2 is 1.82 bits per heavy atom. The third kappa shape index (κ3) is 3.30. The zero-order valence-electron chi connectivity index (χ0n) is 9.32. The molecule has 4 heteroatoms. The number of rotatable bonds is 3. The monoisotopic (exact) mass is 354 g/mol. The van der Waals surface area contributed by atoms with E-state index < -0.39 is 0 Å². The van der Waals surface area contributed by atoms with Gasteiger partial charge in [-0.05, 0) is 58.7 Å². The number of nitrogens with zero attached hydrogens (tertiary/aromatic N) is 1. The maximum Gasteiger partial charge on any atom is 0.0490 e. The molecule has 0 amide bonds. The summed E-state index contributed by atoms with van der Waals surface area (Å²) in [6.45, 7) is 2.13. The molecule has 2 nitrogen and oxygen atoms in total. The van der Waals surface area contributed by atoms with Crippen LogP contribution in [0.1, 0.15) is 18.5 Å². The molecule has 0 fully saturated rings. The predicted molar refractivity (Wildman–Crippen MR) is 78.1 cm³/mol. The summed E-state index contributed by atoms with van der Waals surface area (Å²) < 4.78 is 2.11. The topological polar surface area (TPSA) is 24.9 Å². The summed E-state index contributed by atoms with van der Waals surface area (Å²) in [6, 6.07) is 10.4. The van der Waals surface area contributed by atoms with Crippen LogP contribution in [0.2, 0.25) is 0 Å². The second-order valence-corrected chi connectivity index (χ2v) is 5.54. The van der Waals surface area contributed by atoms with Crippen LogP contribution in [0.5, 0.6) is 0 Å². The number of aromatic nitrogens is 1. The van der Waals surface area contributed by atoms with E-state index in [-0.39, 0.29) is 6.04 Å². The minimum absolute atomic E-state index is 0.246. The van der Waals surface area contributed by atoms with Gasteiger partial charge in [-0.25, -0.2) is 0 Å². The Balaban J connectivity index is 2.16. The van der Waals surface area contributed by atoms with Crippen LogP contribution in [0.25, 0.3) is 0 Å². The van der Waals surface area contributed by atoms with Crippen LogP contribution in [0.3, 0.4) is 0 Å². The minimum Gasteiger partial charge on any atom is -0.378 e. The van der Waals surface area contributed by atoms with E-state index in [0.29, 0.717) is 0 Å². The van der Waals surface area contributed by atoms with Crippen LogP contribution in [0, 0.1) is 0 Å². The molecule has 1 N–H and O–H groups in total. The van der Waals surface area contributed by atoms with Crippen molar-refractivity contribution in [1.82, 2.24) is 4.98 Å². The summed E-state index contributed by atoms with van der Waals surface area (Å²) in [7, 11) is 0. The van der Waals surface area contributed by atoms with Crippen molar-refractivity contribution in [1.29, 1.82) is 0 Å². The second kappa shape index (κ2) is 5.65. The zero-order chi connectivity index (χ0) is 12.3. The smallest absolute Gasteiger partial charge is 0.0490 e. The Bertz CT molecular complexity index is 500. The van der Waals surface area contributed by atoms with Gasteiger partial charge in [-0.3, -0.25) is 4.98 Å². The molecule has 0 saturated heterocycles. The number of pyridine rings is 1. The third-order valence-electron chi connectivity index (χ3n) is 2.51. The van der Waals surface area contributed by atoms with Gasteiger partial charge >= 0.3 is 0 Å². The van der Waals surface area contributed by atoms with Gasteiger partial charge in [0.25, 0.3) is 0 Å². The summed E-state index contributed by atoms with van der Waals surface area (Å²) in [5.74, 6) is 0. The van der Waals surface area contributed by atoms with Crippen molar-refractivity contribution in [2.24, 2.45) is 0 Å². The molecule has 88 valence electrons. The van der Waals surface area contributed by atoms with Crippen molar-refractivity contribution >= 4 is 37.5 Å². The Morgan fingerprint density at radius 3 is 2.47 bits per heavy atom.